The van der Waals surface area contributed by atoms with Crippen LogP contribution < -0.4 is 20.3 Å². The number of aryl methyl sites for hydroxylation is 3. The van der Waals surface area contributed by atoms with Gasteiger partial charge in [0.1, 0.15) is 4.83 Å². The minimum Gasteiger partial charge on any atom is -0.454 e. The third kappa shape index (κ3) is 4.19. The summed E-state index contributed by atoms with van der Waals surface area (Å²) in [5.41, 5.74) is 3.60. The van der Waals surface area contributed by atoms with E-state index < -0.39 is 0 Å². The topological polar surface area (TPSA) is 82.5 Å². The Hall–Kier alpha value is -3.30. The number of rotatable bonds is 5. The molecule has 2 aromatic heterocycles. The second-order valence-electron chi connectivity index (χ2n) is 8.67. The molecule has 3 heterocycles. The first-order chi connectivity index (χ1) is 17.1. The van der Waals surface area contributed by atoms with Crippen LogP contribution in [0.1, 0.15) is 28.8 Å². The number of nitrogens with zero attached hydrogens (tertiary/aromatic N) is 2. The zero-order chi connectivity index (χ0) is 23.9. The van der Waals surface area contributed by atoms with Gasteiger partial charge in [0.05, 0.1) is 16.8 Å². The number of amides is 1. The molecule has 1 aliphatic heterocycles. The zero-order valence-corrected chi connectivity index (χ0v) is 20.8. The standard InChI is InChI=1S/C26H23N3O4S2/c1-15-6-9-17(10-7-15)29-25(31)23-18-4-2-3-5-21(18)35-24(23)28-26(29)34-13-22(30)27-16-8-11-19-20(12-16)33-14-32-19/h6-12H,2-5,13-14H2,1H3,(H,27,30). The fourth-order valence-corrected chi connectivity index (χ4v) is 6.62. The summed E-state index contributed by atoms with van der Waals surface area (Å²) in [6.07, 6.45) is 4.16. The van der Waals surface area contributed by atoms with Gasteiger partial charge in [-0.3, -0.25) is 14.2 Å². The lowest BCUT2D eigenvalue weighted by Crippen LogP contribution is -2.23. The molecule has 0 bridgehead atoms. The highest BCUT2D eigenvalue weighted by atomic mass is 32.2. The zero-order valence-electron chi connectivity index (χ0n) is 19.1. The highest BCUT2D eigenvalue weighted by molar-refractivity contribution is 7.99. The van der Waals surface area contributed by atoms with Gasteiger partial charge in [-0.2, -0.15) is 0 Å². The van der Waals surface area contributed by atoms with E-state index in [1.54, 1.807) is 34.1 Å². The maximum Gasteiger partial charge on any atom is 0.267 e. The van der Waals surface area contributed by atoms with Gasteiger partial charge in [-0.1, -0.05) is 29.5 Å². The highest BCUT2D eigenvalue weighted by Crippen LogP contribution is 2.36. The Bertz CT molecular complexity index is 1510. The number of hydrogen-bond acceptors (Lipinski definition) is 7. The summed E-state index contributed by atoms with van der Waals surface area (Å²) in [6.45, 7) is 2.19. The molecule has 1 amide bonds. The Kier molecular flexibility index (Phi) is 5.74. The van der Waals surface area contributed by atoms with Crippen molar-refractivity contribution in [1.29, 1.82) is 0 Å². The summed E-state index contributed by atoms with van der Waals surface area (Å²) in [7, 11) is 0. The molecule has 0 unspecified atom stereocenters. The predicted octanol–water partition coefficient (Wildman–Crippen LogP) is 5.09. The Morgan fingerprint density at radius 2 is 1.91 bits per heavy atom. The van der Waals surface area contributed by atoms with Crippen LogP contribution in [0.15, 0.2) is 52.4 Å². The average molecular weight is 506 g/mol. The molecule has 35 heavy (non-hydrogen) atoms. The largest absolute Gasteiger partial charge is 0.454 e. The van der Waals surface area contributed by atoms with Gasteiger partial charge in [0.2, 0.25) is 12.7 Å². The minimum absolute atomic E-state index is 0.0584. The first-order valence-corrected chi connectivity index (χ1v) is 13.3. The molecule has 4 aromatic rings. The Morgan fingerprint density at radius 3 is 2.77 bits per heavy atom. The first-order valence-electron chi connectivity index (χ1n) is 11.5. The number of fused-ring (bicyclic) bond motifs is 4. The molecule has 0 fully saturated rings. The van der Waals surface area contributed by atoms with Crippen LogP contribution in [-0.4, -0.2) is 28.0 Å². The maximum absolute atomic E-state index is 13.8. The molecule has 0 saturated carbocycles. The third-order valence-corrected chi connectivity index (χ3v) is 8.36. The van der Waals surface area contributed by atoms with Gasteiger partial charge in [0.15, 0.2) is 16.7 Å². The van der Waals surface area contributed by atoms with E-state index in [1.807, 2.05) is 31.2 Å². The molecule has 6 rings (SSSR count). The fourth-order valence-electron chi connectivity index (χ4n) is 4.51. The summed E-state index contributed by atoms with van der Waals surface area (Å²) in [6, 6.07) is 13.1. The van der Waals surface area contributed by atoms with Crippen molar-refractivity contribution in [2.45, 2.75) is 37.8 Å². The lowest BCUT2D eigenvalue weighted by molar-refractivity contribution is -0.113. The first kappa shape index (κ1) is 22.2. The second kappa shape index (κ2) is 9.05. The smallest absolute Gasteiger partial charge is 0.267 e. The van der Waals surface area contributed by atoms with Gasteiger partial charge in [0.25, 0.3) is 5.56 Å². The molecular weight excluding hydrogens is 482 g/mol. The lowest BCUT2D eigenvalue weighted by atomic mass is 9.97. The van der Waals surface area contributed by atoms with E-state index in [1.165, 1.54) is 16.6 Å². The van der Waals surface area contributed by atoms with Crippen molar-refractivity contribution < 1.29 is 14.3 Å². The summed E-state index contributed by atoms with van der Waals surface area (Å²) in [4.78, 5) is 33.5. The molecule has 2 aliphatic rings. The number of hydrogen-bond donors (Lipinski definition) is 1. The number of carbonyl (C=O) groups excluding carboxylic acids is 1. The number of anilines is 1. The number of carbonyl (C=O) groups is 1. The Morgan fingerprint density at radius 1 is 1.11 bits per heavy atom. The van der Waals surface area contributed by atoms with Crippen LogP contribution in [0.5, 0.6) is 11.5 Å². The van der Waals surface area contributed by atoms with Crippen molar-refractivity contribution in [2.75, 3.05) is 17.9 Å². The number of benzene rings is 2. The molecule has 0 radical (unpaired) electrons. The number of nitrogens with one attached hydrogen (secondary N) is 1. The van der Waals surface area contributed by atoms with E-state index in [4.69, 9.17) is 14.5 Å². The van der Waals surface area contributed by atoms with Gasteiger partial charge in [-0.25, -0.2) is 4.98 Å². The molecular formula is C26H23N3O4S2. The molecule has 2 aromatic carbocycles. The lowest BCUT2D eigenvalue weighted by Gasteiger charge is -2.14. The summed E-state index contributed by atoms with van der Waals surface area (Å²) >= 11 is 2.88. The molecule has 0 saturated heterocycles. The van der Waals surface area contributed by atoms with E-state index in [2.05, 4.69) is 5.32 Å². The van der Waals surface area contributed by atoms with Crippen molar-refractivity contribution in [1.82, 2.24) is 9.55 Å². The Labute approximate surface area is 210 Å². The summed E-state index contributed by atoms with van der Waals surface area (Å²) in [5, 5.41) is 4.15. The van der Waals surface area contributed by atoms with Crippen LogP contribution in [0.3, 0.4) is 0 Å². The van der Waals surface area contributed by atoms with Gasteiger partial charge in [-0.15, -0.1) is 11.3 Å². The molecule has 0 spiro atoms. The summed E-state index contributed by atoms with van der Waals surface area (Å²) < 4.78 is 12.4. The molecule has 0 atom stereocenters. The van der Waals surface area contributed by atoms with E-state index in [9.17, 15) is 9.59 Å². The SMILES string of the molecule is Cc1ccc(-n2c(SCC(=O)Nc3ccc4c(c3)OCO4)nc3sc4c(c3c2=O)CCCC4)cc1. The number of thioether (sulfide) groups is 1. The predicted molar refractivity (Wildman–Crippen MR) is 139 cm³/mol. The van der Waals surface area contributed by atoms with E-state index in [-0.39, 0.29) is 24.0 Å². The summed E-state index contributed by atoms with van der Waals surface area (Å²) in [5.74, 6) is 1.20. The minimum atomic E-state index is -0.191. The van der Waals surface area contributed by atoms with Crippen LogP contribution in [0.25, 0.3) is 15.9 Å². The molecule has 1 aliphatic carbocycles. The van der Waals surface area contributed by atoms with E-state index in [0.29, 0.717) is 22.3 Å². The van der Waals surface area contributed by atoms with Crippen LogP contribution >= 0.6 is 23.1 Å². The third-order valence-electron chi connectivity index (χ3n) is 6.24. The molecule has 178 valence electrons. The number of aromatic nitrogens is 2. The maximum atomic E-state index is 13.8. The van der Waals surface area contributed by atoms with Crippen molar-refractivity contribution in [2.24, 2.45) is 0 Å². The van der Waals surface area contributed by atoms with Crippen LogP contribution in [0.2, 0.25) is 0 Å². The number of thiophene rings is 1. The van der Waals surface area contributed by atoms with Crippen molar-refractivity contribution in [3.63, 3.8) is 0 Å². The van der Waals surface area contributed by atoms with Gasteiger partial charge in [0, 0.05) is 16.6 Å². The van der Waals surface area contributed by atoms with E-state index in [0.717, 1.165) is 52.7 Å². The van der Waals surface area contributed by atoms with Crippen LogP contribution in [0, 0.1) is 6.92 Å². The molecule has 7 nitrogen and oxygen atoms in total. The fraction of sp³-hybridized carbons (Fsp3) is 0.269. The normalized spacial score (nSPS) is 14.2. The average Bonchev–Trinajstić information content (AvgIpc) is 3.47. The van der Waals surface area contributed by atoms with E-state index >= 15 is 0 Å². The van der Waals surface area contributed by atoms with Crippen molar-refractivity contribution in [3.8, 4) is 17.2 Å². The van der Waals surface area contributed by atoms with Gasteiger partial charge >= 0.3 is 0 Å². The molecule has 9 heteroatoms. The van der Waals surface area contributed by atoms with Crippen LogP contribution in [-0.2, 0) is 17.6 Å². The quantitative estimate of drug-likeness (QED) is 0.300. The van der Waals surface area contributed by atoms with Gasteiger partial charge < -0.3 is 14.8 Å². The highest BCUT2D eigenvalue weighted by Gasteiger charge is 2.23. The molecule has 1 N–H and O–H groups in total. The van der Waals surface area contributed by atoms with Crippen molar-refractivity contribution in [3.05, 3.63) is 68.8 Å². The van der Waals surface area contributed by atoms with Crippen LogP contribution in [0.4, 0.5) is 5.69 Å². The number of ether oxygens (including phenoxy) is 2. The monoisotopic (exact) mass is 505 g/mol. The van der Waals surface area contributed by atoms with Crippen molar-refractivity contribution >= 4 is 44.9 Å². The second-order valence-corrected chi connectivity index (χ2v) is 10.7. The van der Waals surface area contributed by atoms with Gasteiger partial charge in [-0.05, 0) is 62.4 Å². The Balaban J connectivity index is 1.33.